The summed E-state index contributed by atoms with van der Waals surface area (Å²) < 4.78 is 1.00. The zero-order chi connectivity index (χ0) is 14.8. The minimum absolute atomic E-state index is 0.575. The fourth-order valence-electron chi connectivity index (χ4n) is 2.05. The number of hydrogen-bond acceptors (Lipinski definition) is 5. The second-order valence-corrected chi connectivity index (χ2v) is 5.72. The molecule has 3 rings (SSSR count). The van der Waals surface area contributed by atoms with E-state index in [1.807, 2.05) is 44.2 Å². The molecule has 0 aliphatic carbocycles. The normalized spacial score (nSPS) is 10.8. The molecule has 0 radical (unpaired) electrons. The Morgan fingerprint density at radius 1 is 1.05 bits per heavy atom. The molecule has 2 heterocycles. The molecule has 0 aliphatic heterocycles. The largest absolute Gasteiger partial charge is 0.364 e. The van der Waals surface area contributed by atoms with E-state index in [0.717, 1.165) is 38.4 Å². The van der Waals surface area contributed by atoms with Crippen LogP contribution >= 0.6 is 15.9 Å². The van der Waals surface area contributed by atoms with Gasteiger partial charge in [0.25, 0.3) is 0 Å². The molecule has 106 valence electrons. The topological polar surface area (TPSA) is 63.6 Å². The summed E-state index contributed by atoms with van der Waals surface area (Å²) >= 11 is 3.48. The SMILES string of the molecule is Cc1ccc(CNc2nc(C)nc3ccc(Br)cc23)nn1. The standard InChI is InChI=1S/C15H14BrN5/c1-9-3-5-12(21-20-9)8-17-15-13-7-11(16)4-6-14(13)18-10(2)19-15/h3-7H,8H2,1-2H3,(H,17,18,19). The summed E-state index contributed by atoms with van der Waals surface area (Å²) in [7, 11) is 0. The Hall–Kier alpha value is -2.08. The third-order valence-electron chi connectivity index (χ3n) is 3.06. The number of nitrogens with zero attached hydrogens (tertiary/aromatic N) is 4. The number of nitrogens with one attached hydrogen (secondary N) is 1. The summed E-state index contributed by atoms with van der Waals surface area (Å²) in [4.78, 5) is 8.93. The first-order valence-corrected chi connectivity index (χ1v) is 7.38. The molecule has 0 amide bonds. The van der Waals surface area contributed by atoms with Crippen molar-refractivity contribution >= 4 is 32.7 Å². The van der Waals surface area contributed by atoms with E-state index in [4.69, 9.17) is 0 Å². The van der Waals surface area contributed by atoms with E-state index in [1.54, 1.807) is 0 Å². The number of aryl methyl sites for hydroxylation is 2. The van der Waals surface area contributed by atoms with Gasteiger partial charge in [0.15, 0.2) is 0 Å². The lowest BCUT2D eigenvalue weighted by atomic mass is 10.2. The van der Waals surface area contributed by atoms with E-state index in [1.165, 1.54) is 0 Å². The lowest BCUT2D eigenvalue weighted by Gasteiger charge is -2.09. The molecule has 1 aromatic carbocycles. The highest BCUT2D eigenvalue weighted by Gasteiger charge is 2.07. The molecule has 0 bridgehead atoms. The number of anilines is 1. The van der Waals surface area contributed by atoms with E-state index < -0.39 is 0 Å². The van der Waals surface area contributed by atoms with Crippen molar-refractivity contribution in [2.24, 2.45) is 0 Å². The van der Waals surface area contributed by atoms with Gasteiger partial charge in [-0.1, -0.05) is 15.9 Å². The number of benzene rings is 1. The highest BCUT2D eigenvalue weighted by molar-refractivity contribution is 9.10. The minimum Gasteiger partial charge on any atom is -0.364 e. The van der Waals surface area contributed by atoms with E-state index >= 15 is 0 Å². The van der Waals surface area contributed by atoms with E-state index in [2.05, 4.69) is 41.4 Å². The minimum atomic E-state index is 0.575. The number of hydrogen-bond donors (Lipinski definition) is 1. The Morgan fingerprint density at radius 2 is 1.90 bits per heavy atom. The molecule has 0 spiro atoms. The van der Waals surface area contributed by atoms with E-state index in [0.29, 0.717) is 6.54 Å². The second kappa shape index (κ2) is 5.73. The van der Waals surface area contributed by atoms with Crippen LogP contribution in [0.1, 0.15) is 17.2 Å². The lowest BCUT2D eigenvalue weighted by Crippen LogP contribution is -2.06. The second-order valence-electron chi connectivity index (χ2n) is 4.80. The quantitative estimate of drug-likeness (QED) is 0.789. The third-order valence-corrected chi connectivity index (χ3v) is 3.55. The fraction of sp³-hybridized carbons (Fsp3) is 0.200. The monoisotopic (exact) mass is 343 g/mol. The molecule has 0 saturated carbocycles. The van der Waals surface area contributed by atoms with Gasteiger partial charge >= 0.3 is 0 Å². The molecule has 0 fully saturated rings. The van der Waals surface area contributed by atoms with Crippen molar-refractivity contribution in [1.82, 2.24) is 20.2 Å². The van der Waals surface area contributed by atoms with Crippen molar-refractivity contribution in [3.63, 3.8) is 0 Å². The summed E-state index contributed by atoms with van der Waals surface area (Å²) in [6, 6.07) is 9.87. The van der Waals surface area contributed by atoms with Gasteiger partial charge in [0.05, 0.1) is 23.4 Å². The number of aromatic nitrogens is 4. The molecule has 6 heteroatoms. The van der Waals surface area contributed by atoms with Gasteiger partial charge in [-0.05, 0) is 44.2 Å². The van der Waals surface area contributed by atoms with Crippen molar-refractivity contribution < 1.29 is 0 Å². The smallest absolute Gasteiger partial charge is 0.137 e. The molecule has 0 atom stereocenters. The van der Waals surface area contributed by atoms with Crippen LogP contribution < -0.4 is 5.32 Å². The van der Waals surface area contributed by atoms with Gasteiger partial charge in [-0.3, -0.25) is 0 Å². The van der Waals surface area contributed by atoms with E-state index in [-0.39, 0.29) is 0 Å². The van der Waals surface area contributed by atoms with Gasteiger partial charge in [0.1, 0.15) is 11.6 Å². The van der Waals surface area contributed by atoms with Crippen LogP contribution in [0.4, 0.5) is 5.82 Å². The maximum atomic E-state index is 4.48. The Kier molecular flexibility index (Phi) is 3.79. The molecule has 3 aromatic rings. The number of rotatable bonds is 3. The maximum absolute atomic E-state index is 4.48. The average molecular weight is 344 g/mol. The Balaban J connectivity index is 1.92. The van der Waals surface area contributed by atoms with Crippen molar-refractivity contribution in [2.75, 3.05) is 5.32 Å². The Morgan fingerprint density at radius 3 is 2.67 bits per heavy atom. The lowest BCUT2D eigenvalue weighted by molar-refractivity contribution is 0.894. The molecule has 5 nitrogen and oxygen atoms in total. The fourth-order valence-corrected chi connectivity index (χ4v) is 2.41. The zero-order valence-corrected chi connectivity index (χ0v) is 13.3. The maximum Gasteiger partial charge on any atom is 0.137 e. The first-order chi connectivity index (χ1) is 10.1. The van der Waals surface area contributed by atoms with Gasteiger partial charge in [0.2, 0.25) is 0 Å². The summed E-state index contributed by atoms with van der Waals surface area (Å²) in [5.41, 5.74) is 2.70. The molecule has 0 unspecified atom stereocenters. The van der Waals surface area contributed by atoms with Crippen molar-refractivity contribution in [3.05, 3.63) is 52.0 Å². The van der Waals surface area contributed by atoms with Gasteiger partial charge in [0, 0.05) is 9.86 Å². The van der Waals surface area contributed by atoms with Crippen LogP contribution in [0.3, 0.4) is 0 Å². The van der Waals surface area contributed by atoms with Crippen LogP contribution in [0, 0.1) is 13.8 Å². The molecule has 0 aliphatic rings. The van der Waals surface area contributed by atoms with Crippen LogP contribution in [0.2, 0.25) is 0 Å². The van der Waals surface area contributed by atoms with Crippen molar-refractivity contribution in [2.45, 2.75) is 20.4 Å². The molecular weight excluding hydrogens is 330 g/mol. The molecule has 2 aromatic heterocycles. The van der Waals surface area contributed by atoms with Crippen molar-refractivity contribution in [3.8, 4) is 0 Å². The summed E-state index contributed by atoms with van der Waals surface area (Å²) in [6.45, 7) is 4.38. The zero-order valence-electron chi connectivity index (χ0n) is 11.8. The van der Waals surface area contributed by atoms with Gasteiger partial charge < -0.3 is 5.32 Å². The molecule has 1 N–H and O–H groups in total. The van der Waals surface area contributed by atoms with Gasteiger partial charge in [-0.25, -0.2) is 9.97 Å². The Labute approximate surface area is 131 Å². The van der Waals surface area contributed by atoms with Crippen LogP contribution in [-0.2, 0) is 6.54 Å². The predicted octanol–water partition coefficient (Wildman–Crippen LogP) is 3.41. The summed E-state index contributed by atoms with van der Waals surface area (Å²) in [5, 5.41) is 12.5. The molecular formula is C15H14BrN5. The van der Waals surface area contributed by atoms with Crippen LogP contribution in [0.15, 0.2) is 34.8 Å². The number of halogens is 1. The summed E-state index contributed by atoms with van der Waals surface area (Å²) in [6.07, 6.45) is 0. The van der Waals surface area contributed by atoms with Crippen molar-refractivity contribution in [1.29, 1.82) is 0 Å². The van der Waals surface area contributed by atoms with Gasteiger partial charge in [-0.2, -0.15) is 10.2 Å². The highest BCUT2D eigenvalue weighted by atomic mass is 79.9. The van der Waals surface area contributed by atoms with Crippen LogP contribution in [-0.4, -0.2) is 20.2 Å². The predicted molar refractivity (Wildman–Crippen MR) is 86.1 cm³/mol. The number of fused-ring (bicyclic) bond motifs is 1. The Bertz CT molecular complexity index is 786. The first kappa shape index (κ1) is 13.9. The van der Waals surface area contributed by atoms with Crippen LogP contribution in [0.25, 0.3) is 10.9 Å². The molecule has 0 saturated heterocycles. The van der Waals surface area contributed by atoms with Crippen LogP contribution in [0.5, 0.6) is 0 Å². The third kappa shape index (κ3) is 3.16. The van der Waals surface area contributed by atoms with Gasteiger partial charge in [-0.15, -0.1) is 0 Å². The average Bonchev–Trinajstić information content (AvgIpc) is 2.47. The first-order valence-electron chi connectivity index (χ1n) is 6.59. The van der Waals surface area contributed by atoms with E-state index in [9.17, 15) is 0 Å². The summed E-state index contributed by atoms with van der Waals surface area (Å²) in [5.74, 6) is 1.54. The highest BCUT2D eigenvalue weighted by Crippen LogP contribution is 2.24. The molecule has 21 heavy (non-hydrogen) atoms.